The molecule has 1 heterocycles. The fourth-order valence-electron chi connectivity index (χ4n) is 1.60. The first-order valence-electron chi connectivity index (χ1n) is 6.25. The fourth-order valence-corrected chi connectivity index (χ4v) is 2.72. The summed E-state index contributed by atoms with van der Waals surface area (Å²) in [6.45, 7) is 3.83. The summed E-state index contributed by atoms with van der Waals surface area (Å²) < 4.78 is 0.996. The molecule has 0 unspecified atom stereocenters. The average molecular weight is 391 g/mol. The number of benzene rings is 1. The van der Waals surface area contributed by atoms with E-state index in [1.165, 1.54) is 11.3 Å². The molecule has 0 saturated carbocycles. The van der Waals surface area contributed by atoms with Crippen LogP contribution in [0, 0.1) is 5.92 Å². The molecule has 7 heteroatoms. The minimum absolute atomic E-state index is 0. The number of nitrogens with zero attached hydrogens (tertiary/aromatic N) is 1. The van der Waals surface area contributed by atoms with Crippen molar-refractivity contribution in [2.75, 3.05) is 5.32 Å². The summed E-state index contributed by atoms with van der Waals surface area (Å²) in [5, 5.41) is 5.24. The molecule has 0 aliphatic heterocycles. The molecule has 1 aromatic carbocycles. The second-order valence-corrected chi connectivity index (χ2v) is 6.58. The Morgan fingerprint density at radius 1 is 1.43 bits per heavy atom. The summed E-state index contributed by atoms with van der Waals surface area (Å²) in [6.07, 6.45) is 0. The first-order valence-corrected chi connectivity index (χ1v) is 7.92. The van der Waals surface area contributed by atoms with Crippen molar-refractivity contribution in [3.63, 3.8) is 0 Å². The second kappa shape index (κ2) is 7.89. The minimum Gasteiger partial charge on any atom is -0.320 e. The highest BCUT2D eigenvalue weighted by molar-refractivity contribution is 9.10. The van der Waals surface area contributed by atoms with E-state index in [9.17, 15) is 4.79 Å². The normalized spacial score (nSPS) is 11.9. The summed E-state index contributed by atoms with van der Waals surface area (Å²) in [5.41, 5.74) is 7.65. The van der Waals surface area contributed by atoms with Gasteiger partial charge in [-0.25, -0.2) is 4.98 Å². The number of thiazole rings is 1. The Hall–Kier alpha value is -0.950. The maximum Gasteiger partial charge on any atom is 0.243 e. The number of rotatable bonds is 4. The van der Waals surface area contributed by atoms with Gasteiger partial charge in [0.05, 0.1) is 11.7 Å². The van der Waals surface area contributed by atoms with E-state index in [1.54, 1.807) is 0 Å². The third-order valence-electron chi connectivity index (χ3n) is 2.88. The number of hydrogen-bond donors (Lipinski definition) is 2. The molecule has 2 aromatic rings. The van der Waals surface area contributed by atoms with E-state index in [4.69, 9.17) is 5.73 Å². The van der Waals surface area contributed by atoms with E-state index >= 15 is 0 Å². The van der Waals surface area contributed by atoms with Crippen LogP contribution in [0.5, 0.6) is 0 Å². The molecule has 0 radical (unpaired) electrons. The zero-order valence-corrected chi connectivity index (χ0v) is 14.9. The largest absolute Gasteiger partial charge is 0.320 e. The van der Waals surface area contributed by atoms with Crippen molar-refractivity contribution in [2.24, 2.45) is 11.7 Å². The van der Waals surface area contributed by atoms with E-state index in [-0.39, 0.29) is 24.2 Å². The van der Waals surface area contributed by atoms with Crippen LogP contribution >= 0.6 is 39.7 Å². The van der Waals surface area contributed by atoms with Crippen LogP contribution < -0.4 is 11.1 Å². The number of aromatic nitrogens is 1. The van der Waals surface area contributed by atoms with Crippen LogP contribution in [0.2, 0.25) is 0 Å². The molecule has 3 N–H and O–H groups in total. The Labute approximate surface area is 142 Å². The van der Waals surface area contributed by atoms with Crippen molar-refractivity contribution in [2.45, 2.75) is 19.9 Å². The van der Waals surface area contributed by atoms with Crippen LogP contribution in [-0.2, 0) is 4.79 Å². The Morgan fingerprint density at radius 2 is 2.14 bits per heavy atom. The minimum atomic E-state index is -0.520. The Balaban J connectivity index is 0.00000220. The van der Waals surface area contributed by atoms with Gasteiger partial charge in [0, 0.05) is 15.4 Å². The molecule has 21 heavy (non-hydrogen) atoms. The van der Waals surface area contributed by atoms with Crippen molar-refractivity contribution in [1.82, 2.24) is 4.98 Å². The van der Waals surface area contributed by atoms with Gasteiger partial charge in [0.25, 0.3) is 0 Å². The molecule has 0 spiro atoms. The molecule has 2 rings (SSSR count). The lowest BCUT2D eigenvalue weighted by atomic mass is 10.1. The zero-order chi connectivity index (χ0) is 14.7. The van der Waals surface area contributed by atoms with Gasteiger partial charge in [-0.05, 0) is 18.1 Å². The third-order valence-corrected chi connectivity index (χ3v) is 4.13. The summed E-state index contributed by atoms with van der Waals surface area (Å²) in [6, 6.07) is 7.35. The monoisotopic (exact) mass is 389 g/mol. The maximum atomic E-state index is 11.9. The molecule has 114 valence electrons. The Morgan fingerprint density at radius 3 is 2.76 bits per heavy atom. The lowest BCUT2D eigenvalue weighted by Gasteiger charge is -2.13. The second-order valence-electron chi connectivity index (χ2n) is 4.81. The van der Waals surface area contributed by atoms with Gasteiger partial charge in [-0.1, -0.05) is 41.9 Å². The van der Waals surface area contributed by atoms with E-state index in [0.29, 0.717) is 5.13 Å². The number of carbonyl (C=O) groups excluding carboxylic acids is 1. The zero-order valence-electron chi connectivity index (χ0n) is 11.7. The van der Waals surface area contributed by atoms with Crippen LogP contribution in [0.1, 0.15) is 13.8 Å². The molecule has 0 fully saturated rings. The standard InChI is InChI=1S/C14H16BrN3OS.ClH/c1-8(2)12(16)13(19)18-14-17-11(7-20-14)9-4-3-5-10(15)6-9;/h3-8,12H,16H2,1-2H3,(H,17,18,19);1H/t12-;/m0./s1. The lowest BCUT2D eigenvalue weighted by Crippen LogP contribution is -2.39. The number of nitrogens with two attached hydrogens (primary N) is 1. The molecule has 0 saturated heterocycles. The highest BCUT2D eigenvalue weighted by Crippen LogP contribution is 2.26. The van der Waals surface area contributed by atoms with Gasteiger partial charge in [0.15, 0.2) is 5.13 Å². The quantitative estimate of drug-likeness (QED) is 0.831. The van der Waals surface area contributed by atoms with Crippen LogP contribution in [0.4, 0.5) is 5.13 Å². The molecular formula is C14H17BrClN3OS. The molecule has 1 amide bonds. The number of amides is 1. The lowest BCUT2D eigenvalue weighted by molar-refractivity contribution is -0.118. The third kappa shape index (κ3) is 4.78. The molecule has 1 aromatic heterocycles. The fraction of sp³-hybridized carbons (Fsp3) is 0.286. The number of halogens is 2. The highest BCUT2D eigenvalue weighted by Gasteiger charge is 2.18. The Bertz CT molecular complexity index is 618. The van der Waals surface area contributed by atoms with Crippen LogP contribution in [0.25, 0.3) is 11.3 Å². The van der Waals surface area contributed by atoms with Gasteiger partial charge in [-0.15, -0.1) is 23.7 Å². The maximum absolute atomic E-state index is 11.9. The van der Waals surface area contributed by atoms with Crippen molar-refractivity contribution < 1.29 is 4.79 Å². The summed E-state index contributed by atoms with van der Waals surface area (Å²) in [4.78, 5) is 16.3. The molecule has 0 aliphatic carbocycles. The molecular weight excluding hydrogens is 374 g/mol. The van der Waals surface area contributed by atoms with Gasteiger partial charge < -0.3 is 11.1 Å². The van der Waals surface area contributed by atoms with E-state index < -0.39 is 6.04 Å². The van der Waals surface area contributed by atoms with Crippen molar-refractivity contribution >= 4 is 50.7 Å². The van der Waals surface area contributed by atoms with Gasteiger partial charge in [-0.2, -0.15) is 0 Å². The topological polar surface area (TPSA) is 68.0 Å². The predicted octanol–water partition coefficient (Wildman–Crippen LogP) is 3.92. The van der Waals surface area contributed by atoms with Gasteiger partial charge in [-0.3, -0.25) is 4.79 Å². The van der Waals surface area contributed by atoms with Gasteiger partial charge in [0.2, 0.25) is 5.91 Å². The van der Waals surface area contributed by atoms with Gasteiger partial charge in [0.1, 0.15) is 0 Å². The first-order chi connectivity index (χ1) is 9.47. The highest BCUT2D eigenvalue weighted by atomic mass is 79.9. The van der Waals surface area contributed by atoms with Crippen molar-refractivity contribution in [3.05, 3.63) is 34.1 Å². The van der Waals surface area contributed by atoms with Crippen LogP contribution in [0.3, 0.4) is 0 Å². The van der Waals surface area contributed by atoms with E-state index in [2.05, 4.69) is 26.2 Å². The number of carbonyl (C=O) groups is 1. The number of nitrogens with one attached hydrogen (secondary N) is 1. The average Bonchev–Trinajstić information content (AvgIpc) is 2.86. The Kier molecular flexibility index (Phi) is 6.80. The van der Waals surface area contributed by atoms with Crippen molar-refractivity contribution in [1.29, 1.82) is 0 Å². The molecule has 0 bridgehead atoms. The van der Waals surface area contributed by atoms with Gasteiger partial charge >= 0.3 is 0 Å². The summed E-state index contributed by atoms with van der Waals surface area (Å²) in [5.74, 6) is -0.102. The molecule has 4 nitrogen and oxygen atoms in total. The summed E-state index contributed by atoms with van der Waals surface area (Å²) >= 11 is 4.82. The van der Waals surface area contributed by atoms with E-state index in [0.717, 1.165) is 15.7 Å². The number of anilines is 1. The smallest absolute Gasteiger partial charge is 0.243 e. The van der Waals surface area contributed by atoms with Crippen LogP contribution in [0.15, 0.2) is 34.1 Å². The SMILES string of the molecule is CC(C)[C@H](N)C(=O)Nc1nc(-c2cccc(Br)c2)cs1.Cl. The van der Waals surface area contributed by atoms with Crippen molar-refractivity contribution in [3.8, 4) is 11.3 Å². The number of hydrogen-bond acceptors (Lipinski definition) is 4. The summed E-state index contributed by atoms with van der Waals surface area (Å²) in [7, 11) is 0. The van der Waals surface area contributed by atoms with E-state index in [1.807, 2.05) is 43.5 Å². The first kappa shape index (κ1) is 18.1. The molecule has 0 aliphatic rings. The predicted molar refractivity (Wildman–Crippen MR) is 93.9 cm³/mol. The molecule has 1 atom stereocenters. The van der Waals surface area contributed by atoms with Crippen LogP contribution in [-0.4, -0.2) is 16.9 Å².